The number of nitrogens with zero attached hydrogens (tertiary/aromatic N) is 1. The summed E-state index contributed by atoms with van der Waals surface area (Å²) in [5.41, 5.74) is 0.338. The number of hydrogen-bond acceptors (Lipinski definition) is 5. The lowest BCUT2D eigenvalue weighted by atomic mass is 10.00. The lowest BCUT2D eigenvalue weighted by molar-refractivity contribution is 0.0283. The Morgan fingerprint density at radius 1 is 1.31 bits per heavy atom. The number of aliphatic hydroxyl groups is 1. The van der Waals surface area contributed by atoms with Crippen molar-refractivity contribution in [2.45, 2.75) is 45.4 Å². The SMILES string of the molecule is CC(C)(C)OC(=O)N1CCC(C(CO)NC(=O)OCc2ccccc2)C1. The number of nitrogens with one attached hydrogen (secondary N) is 1. The molecule has 26 heavy (non-hydrogen) atoms. The summed E-state index contributed by atoms with van der Waals surface area (Å²) in [5.74, 6) is -0.0446. The van der Waals surface area contributed by atoms with Gasteiger partial charge in [0.05, 0.1) is 12.6 Å². The fourth-order valence-corrected chi connectivity index (χ4v) is 2.84. The van der Waals surface area contributed by atoms with Gasteiger partial charge in [0.25, 0.3) is 0 Å². The second-order valence-electron chi connectivity index (χ2n) is 7.47. The summed E-state index contributed by atoms with van der Waals surface area (Å²) in [4.78, 5) is 25.7. The molecule has 7 nitrogen and oxygen atoms in total. The van der Waals surface area contributed by atoms with E-state index in [9.17, 15) is 14.7 Å². The van der Waals surface area contributed by atoms with Crippen molar-refractivity contribution in [3.05, 3.63) is 35.9 Å². The molecule has 1 aromatic carbocycles. The first-order chi connectivity index (χ1) is 12.3. The Kier molecular flexibility index (Phi) is 6.85. The van der Waals surface area contributed by atoms with Crippen molar-refractivity contribution < 1.29 is 24.2 Å². The molecule has 1 aromatic rings. The number of likely N-dealkylation sites (tertiary alicyclic amines) is 1. The van der Waals surface area contributed by atoms with Crippen LogP contribution in [0.2, 0.25) is 0 Å². The molecule has 0 aliphatic carbocycles. The molecular formula is C19H28N2O5. The van der Waals surface area contributed by atoms with Crippen LogP contribution in [0.25, 0.3) is 0 Å². The van der Waals surface area contributed by atoms with Crippen LogP contribution in [0.15, 0.2) is 30.3 Å². The molecule has 0 saturated carbocycles. The number of benzene rings is 1. The molecule has 1 aliphatic rings. The molecular weight excluding hydrogens is 336 g/mol. The lowest BCUT2D eigenvalue weighted by Crippen LogP contribution is -2.44. The van der Waals surface area contributed by atoms with Crippen molar-refractivity contribution in [2.24, 2.45) is 5.92 Å². The maximum absolute atomic E-state index is 12.1. The van der Waals surface area contributed by atoms with Gasteiger partial charge in [0, 0.05) is 19.0 Å². The van der Waals surface area contributed by atoms with Gasteiger partial charge in [-0.25, -0.2) is 9.59 Å². The van der Waals surface area contributed by atoms with E-state index >= 15 is 0 Å². The summed E-state index contributed by atoms with van der Waals surface area (Å²) < 4.78 is 10.6. The van der Waals surface area contributed by atoms with Gasteiger partial charge in [0.2, 0.25) is 0 Å². The number of rotatable bonds is 5. The van der Waals surface area contributed by atoms with Gasteiger partial charge >= 0.3 is 12.2 Å². The number of ether oxygens (including phenoxy) is 2. The van der Waals surface area contributed by atoms with Gasteiger partial charge in [-0.05, 0) is 32.8 Å². The molecule has 0 radical (unpaired) electrons. The first-order valence-corrected chi connectivity index (χ1v) is 8.84. The standard InChI is InChI=1S/C19H28N2O5/c1-19(2,3)26-18(24)21-10-9-15(11-21)16(12-22)20-17(23)25-13-14-7-5-4-6-8-14/h4-8,15-16,22H,9-13H2,1-3H3,(H,20,23). The van der Waals surface area contributed by atoms with Crippen LogP contribution < -0.4 is 5.32 Å². The summed E-state index contributed by atoms with van der Waals surface area (Å²) in [6.45, 7) is 6.38. The second-order valence-corrected chi connectivity index (χ2v) is 7.47. The van der Waals surface area contributed by atoms with Crippen LogP contribution in [0.1, 0.15) is 32.8 Å². The highest BCUT2D eigenvalue weighted by Crippen LogP contribution is 2.22. The van der Waals surface area contributed by atoms with Crippen LogP contribution in [0.4, 0.5) is 9.59 Å². The zero-order valence-corrected chi connectivity index (χ0v) is 15.6. The van der Waals surface area contributed by atoms with Gasteiger partial charge in [0.15, 0.2) is 0 Å². The largest absolute Gasteiger partial charge is 0.445 e. The highest BCUT2D eigenvalue weighted by molar-refractivity contribution is 5.69. The Morgan fingerprint density at radius 2 is 2.00 bits per heavy atom. The highest BCUT2D eigenvalue weighted by Gasteiger charge is 2.34. The third kappa shape index (κ3) is 6.22. The van der Waals surface area contributed by atoms with Crippen LogP contribution in [0, 0.1) is 5.92 Å². The van der Waals surface area contributed by atoms with Crippen LogP contribution in [-0.2, 0) is 16.1 Å². The first kappa shape index (κ1) is 20.0. The van der Waals surface area contributed by atoms with Crippen LogP contribution in [0.5, 0.6) is 0 Å². The van der Waals surface area contributed by atoms with E-state index in [0.717, 1.165) is 5.56 Å². The molecule has 0 bridgehead atoms. The fourth-order valence-electron chi connectivity index (χ4n) is 2.84. The summed E-state index contributed by atoms with van der Waals surface area (Å²) >= 11 is 0. The van der Waals surface area contributed by atoms with Crippen LogP contribution in [-0.4, -0.2) is 53.5 Å². The van der Waals surface area contributed by atoms with E-state index in [4.69, 9.17) is 9.47 Å². The molecule has 0 spiro atoms. The summed E-state index contributed by atoms with van der Waals surface area (Å²) in [5, 5.41) is 12.3. The van der Waals surface area contributed by atoms with Gasteiger partial charge < -0.3 is 24.8 Å². The molecule has 2 atom stereocenters. The van der Waals surface area contributed by atoms with Crippen LogP contribution >= 0.6 is 0 Å². The molecule has 2 N–H and O–H groups in total. The average molecular weight is 364 g/mol. The molecule has 1 aliphatic heterocycles. The van der Waals surface area contributed by atoms with Gasteiger partial charge in [-0.3, -0.25) is 0 Å². The molecule has 1 heterocycles. The molecule has 0 aromatic heterocycles. The molecule has 1 fully saturated rings. The number of aliphatic hydroxyl groups excluding tert-OH is 1. The molecule has 1 saturated heterocycles. The van der Waals surface area contributed by atoms with Crippen molar-refractivity contribution in [1.29, 1.82) is 0 Å². The molecule has 7 heteroatoms. The zero-order chi connectivity index (χ0) is 19.2. The fraction of sp³-hybridized carbons (Fsp3) is 0.579. The Hall–Kier alpha value is -2.28. The van der Waals surface area contributed by atoms with Crippen molar-refractivity contribution in [3.63, 3.8) is 0 Å². The predicted octanol–water partition coefficient (Wildman–Crippen LogP) is 2.53. The van der Waals surface area contributed by atoms with E-state index in [1.807, 2.05) is 51.1 Å². The van der Waals surface area contributed by atoms with Gasteiger partial charge in [-0.1, -0.05) is 30.3 Å². The number of amides is 2. The minimum absolute atomic E-state index is 0.0446. The minimum Gasteiger partial charge on any atom is -0.445 e. The van der Waals surface area contributed by atoms with E-state index in [1.54, 1.807) is 4.90 Å². The van der Waals surface area contributed by atoms with E-state index in [0.29, 0.717) is 19.5 Å². The molecule has 144 valence electrons. The zero-order valence-electron chi connectivity index (χ0n) is 15.6. The molecule has 2 unspecified atom stereocenters. The third-order valence-corrected chi connectivity index (χ3v) is 4.16. The maximum atomic E-state index is 12.1. The number of carbonyl (C=O) groups excluding carboxylic acids is 2. The van der Waals surface area contributed by atoms with E-state index < -0.39 is 17.7 Å². The number of carbonyl (C=O) groups is 2. The normalized spacial score (nSPS) is 18.3. The first-order valence-electron chi connectivity index (χ1n) is 8.84. The van der Waals surface area contributed by atoms with Crippen molar-refractivity contribution in [3.8, 4) is 0 Å². The van der Waals surface area contributed by atoms with Gasteiger partial charge in [-0.2, -0.15) is 0 Å². The smallest absolute Gasteiger partial charge is 0.410 e. The Bertz CT molecular complexity index is 600. The van der Waals surface area contributed by atoms with E-state index in [1.165, 1.54) is 0 Å². The van der Waals surface area contributed by atoms with Crippen molar-refractivity contribution in [2.75, 3.05) is 19.7 Å². The topological polar surface area (TPSA) is 88.1 Å². The third-order valence-electron chi connectivity index (χ3n) is 4.16. The van der Waals surface area contributed by atoms with Crippen molar-refractivity contribution >= 4 is 12.2 Å². The Morgan fingerprint density at radius 3 is 2.62 bits per heavy atom. The predicted molar refractivity (Wildman–Crippen MR) is 96.6 cm³/mol. The summed E-state index contributed by atoms with van der Waals surface area (Å²) in [7, 11) is 0. The Balaban J connectivity index is 1.81. The number of hydrogen-bond donors (Lipinski definition) is 2. The second kappa shape index (κ2) is 8.89. The van der Waals surface area contributed by atoms with Crippen LogP contribution in [0.3, 0.4) is 0 Å². The van der Waals surface area contributed by atoms with E-state index in [2.05, 4.69) is 5.32 Å². The van der Waals surface area contributed by atoms with Gasteiger partial charge in [0.1, 0.15) is 12.2 Å². The highest BCUT2D eigenvalue weighted by atomic mass is 16.6. The maximum Gasteiger partial charge on any atom is 0.410 e. The summed E-state index contributed by atoms with van der Waals surface area (Å²) in [6, 6.07) is 8.90. The number of alkyl carbamates (subject to hydrolysis) is 1. The summed E-state index contributed by atoms with van der Waals surface area (Å²) in [6.07, 6.45) is -0.268. The monoisotopic (exact) mass is 364 g/mol. The van der Waals surface area contributed by atoms with Gasteiger partial charge in [-0.15, -0.1) is 0 Å². The minimum atomic E-state index is -0.580. The lowest BCUT2D eigenvalue weighted by Gasteiger charge is -2.26. The van der Waals surface area contributed by atoms with Crippen molar-refractivity contribution in [1.82, 2.24) is 10.2 Å². The van der Waals surface area contributed by atoms with E-state index in [-0.39, 0.29) is 25.2 Å². The molecule has 2 rings (SSSR count). The quantitative estimate of drug-likeness (QED) is 0.838. The Labute approximate surface area is 154 Å². The molecule has 2 amide bonds. The average Bonchev–Trinajstić information content (AvgIpc) is 3.07.